The van der Waals surface area contributed by atoms with Crippen LogP contribution in [0.4, 0.5) is 5.82 Å². The van der Waals surface area contributed by atoms with Crippen molar-refractivity contribution in [1.29, 1.82) is 0 Å². The molecule has 11 heteroatoms. The second-order valence-corrected chi connectivity index (χ2v) is 7.88. The molecule has 1 aliphatic rings. The van der Waals surface area contributed by atoms with Gasteiger partial charge < -0.3 is 0 Å². The largest absolute Gasteiger partial charge is 0.296 e. The summed E-state index contributed by atoms with van der Waals surface area (Å²) in [6.07, 6.45) is 2.71. The number of aromatic nitrogens is 4. The molecule has 2 aromatic heterocycles. The average Bonchev–Trinajstić information content (AvgIpc) is 3.31. The van der Waals surface area contributed by atoms with Gasteiger partial charge in [0, 0.05) is 19.2 Å². The summed E-state index contributed by atoms with van der Waals surface area (Å²) >= 11 is 0. The fourth-order valence-corrected chi connectivity index (χ4v) is 4.63. The molecule has 27 heavy (non-hydrogen) atoms. The number of benzene rings is 1. The molecular weight excluding hydrogens is 372 g/mol. The van der Waals surface area contributed by atoms with Crippen LogP contribution in [0.25, 0.3) is 11.0 Å². The van der Waals surface area contributed by atoms with Gasteiger partial charge in [-0.3, -0.25) is 9.69 Å². The van der Waals surface area contributed by atoms with E-state index >= 15 is 0 Å². The third kappa shape index (κ3) is 3.08. The van der Waals surface area contributed by atoms with Crippen LogP contribution < -0.4 is 9.62 Å². The molecule has 1 fully saturated rings. The average molecular weight is 390 g/mol. The van der Waals surface area contributed by atoms with Crippen molar-refractivity contribution >= 4 is 32.8 Å². The molecule has 1 N–H and O–H groups in total. The minimum Gasteiger partial charge on any atom is -0.296 e. The zero-order valence-corrected chi connectivity index (χ0v) is 15.4. The minimum atomic E-state index is -3.98. The summed E-state index contributed by atoms with van der Waals surface area (Å²) in [5, 5.41) is 11.5. The van der Waals surface area contributed by atoms with Gasteiger partial charge in [-0.25, -0.2) is 17.7 Å². The van der Waals surface area contributed by atoms with E-state index in [4.69, 9.17) is 0 Å². The Morgan fingerprint density at radius 1 is 1.30 bits per heavy atom. The van der Waals surface area contributed by atoms with E-state index in [-0.39, 0.29) is 16.3 Å². The van der Waals surface area contributed by atoms with E-state index in [1.54, 1.807) is 34.0 Å². The van der Waals surface area contributed by atoms with E-state index in [0.717, 1.165) is 0 Å². The molecule has 1 aromatic carbocycles. The van der Waals surface area contributed by atoms with Crippen LogP contribution in [0.5, 0.6) is 0 Å². The lowest BCUT2D eigenvalue weighted by atomic mass is 10.1. The molecule has 0 aliphatic carbocycles. The zero-order valence-electron chi connectivity index (χ0n) is 14.6. The van der Waals surface area contributed by atoms with Crippen molar-refractivity contribution in [2.75, 3.05) is 11.4 Å². The number of amides is 1. The van der Waals surface area contributed by atoms with Crippen molar-refractivity contribution in [3.63, 3.8) is 0 Å². The Kier molecular flexibility index (Phi) is 4.40. The standard InChI is InChI=1S/C16H18N6O4S/c1-2-22-14(8-9-17-22)21-10-4-6-12(16(21)23)20-27(24,25)13-7-3-5-11-15(13)19-26-18-11/h3,5,7-9,12,20H,2,4,6,10H2,1H3. The lowest BCUT2D eigenvalue weighted by Gasteiger charge is -2.32. The van der Waals surface area contributed by atoms with Gasteiger partial charge in [-0.2, -0.15) is 9.82 Å². The van der Waals surface area contributed by atoms with E-state index in [1.165, 1.54) is 6.07 Å². The Bertz CT molecular complexity index is 1090. The van der Waals surface area contributed by atoms with Crippen molar-refractivity contribution < 1.29 is 17.8 Å². The Labute approximate surface area is 155 Å². The summed E-state index contributed by atoms with van der Waals surface area (Å²) in [7, 11) is -3.98. The second kappa shape index (κ2) is 6.74. The molecule has 1 aliphatic heterocycles. The van der Waals surface area contributed by atoms with Crippen molar-refractivity contribution in [1.82, 2.24) is 24.8 Å². The molecule has 1 amide bonds. The number of anilines is 1. The number of sulfonamides is 1. The maximum atomic E-state index is 12.9. The minimum absolute atomic E-state index is 0.0650. The molecule has 0 radical (unpaired) electrons. The number of hydrogen-bond donors (Lipinski definition) is 1. The Morgan fingerprint density at radius 3 is 2.96 bits per heavy atom. The number of piperidine rings is 1. The highest BCUT2D eigenvalue weighted by Gasteiger charge is 2.35. The van der Waals surface area contributed by atoms with Gasteiger partial charge in [-0.1, -0.05) is 6.07 Å². The first-order valence-electron chi connectivity index (χ1n) is 8.58. The molecule has 1 saturated heterocycles. The van der Waals surface area contributed by atoms with Crippen LogP contribution in [-0.4, -0.2) is 47.0 Å². The van der Waals surface area contributed by atoms with Crippen LogP contribution in [0.15, 0.2) is 40.0 Å². The number of carbonyl (C=O) groups is 1. The van der Waals surface area contributed by atoms with Gasteiger partial charge in [-0.05, 0) is 42.2 Å². The lowest BCUT2D eigenvalue weighted by Crippen LogP contribution is -2.52. The molecule has 3 aromatic rings. The second-order valence-electron chi connectivity index (χ2n) is 6.20. The molecule has 1 unspecified atom stereocenters. The number of fused-ring (bicyclic) bond motifs is 1. The first-order chi connectivity index (χ1) is 13.0. The van der Waals surface area contributed by atoms with Crippen LogP contribution in [0.1, 0.15) is 19.8 Å². The van der Waals surface area contributed by atoms with Crippen LogP contribution in [0.2, 0.25) is 0 Å². The fourth-order valence-electron chi connectivity index (χ4n) is 3.26. The van der Waals surface area contributed by atoms with Crippen molar-refractivity contribution in [3.8, 4) is 0 Å². The van der Waals surface area contributed by atoms with Crippen molar-refractivity contribution in [2.45, 2.75) is 37.2 Å². The Morgan fingerprint density at radius 2 is 2.15 bits per heavy atom. The van der Waals surface area contributed by atoms with E-state index < -0.39 is 16.1 Å². The van der Waals surface area contributed by atoms with Crippen LogP contribution in [0.3, 0.4) is 0 Å². The molecule has 10 nitrogen and oxygen atoms in total. The summed E-state index contributed by atoms with van der Waals surface area (Å²) in [4.78, 5) is 14.4. The summed E-state index contributed by atoms with van der Waals surface area (Å²) < 4.78 is 34.6. The first-order valence-corrected chi connectivity index (χ1v) is 10.1. The number of nitrogens with zero attached hydrogens (tertiary/aromatic N) is 5. The molecule has 3 heterocycles. The van der Waals surface area contributed by atoms with Gasteiger partial charge in [0.2, 0.25) is 15.9 Å². The summed E-state index contributed by atoms with van der Waals surface area (Å²) in [6.45, 7) is 3.06. The number of aryl methyl sites for hydroxylation is 1. The highest BCUT2D eigenvalue weighted by atomic mass is 32.2. The normalized spacial score (nSPS) is 18.3. The third-order valence-electron chi connectivity index (χ3n) is 4.54. The smallest absolute Gasteiger partial charge is 0.246 e. The van der Waals surface area contributed by atoms with E-state index in [1.807, 2.05) is 6.92 Å². The summed E-state index contributed by atoms with van der Waals surface area (Å²) in [5.41, 5.74) is 0.468. The lowest BCUT2D eigenvalue weighted by molar-refractivity contribution is -0.121. The SMILES string of the molecule is CCn1nccc1N1CCCC(NS(=O)(=O)c2cccc3nonc23)C1=O. The third-order valence-corrected chi connectivity index (χ3v) is 6.05. The van der Waals surface area contributed by atoms with Gasteiger partial charge in [-0.15, -0.1) is 0 Å². The maximum absolute atomic E-state index is 12.9. The molecule has 0 spiro atoms. The monoisotopic (exact) mass is 390 g/mol. The van der Waals surface area contributed by atoms with E-state index in [9.17, 15) is 13.2 Å². The summed E-state index contributed by atoms with van der Waals surface area (Å²) in [6, 6.07) is 5.45. The molecule has 0 bridgehead atoms. The quantitative estimate of drug-likeness (QED) is 0.687. The zero-order chi connectivity index (χ0) is 19.0. The number of nitrogens with one attached hydrogen (secondary N) is 1. The topological polar surface area (TPSA) is 123 Å². The summed E-state index contributed by atoms with van der Waals surface area (Å²) in [5.74, 6) is 0.361. The maximum Gasteiger partial charge on any atom is 0.246 e. The van der Waals surface area contributed by atoms with Crippen LogP contribution in [-0.2, 0) is 21.4 Å². The van der Waals surface area contributed by atoms with Gasteiger partial charge in [0.25, 0.3) is 0 Å². The van der Waals surface area contributed by atoms with Gasteiger partial charge in [0.1, 0.15) is 22.3 Å². The van der Waals surface area contributed by atoms with E-state index in [2.05, 4.69) is 24.8 Å². The van der Waals surface area contributed by atoms with Gasteiger partial charge >= 0.3 is 0 Å². The first kappa shape index (κ1) is 17.6. The molecular formula is C16H18N6O4S. The molecule has 0 saturated carbocycles. The van der Waals surface area contributed by atoms with Crippen LogP contribution in [0, 0.1) is 0 Å². The predicted octanol–water partition coefficient (Wildman–Crippen LogP) is 0.913. The molecule has 1 atom stereocenters. The molecule has 4 rings (SSSR count). The number of rotatable bonds is 5. The van der Waals surface area contributed by atoms with Crippen molar-refractivity contribution in [2.24, 2.45) is 0 Å². The van der Waals surface area contributed by atoms with Crippen molar-refractivity contribution in [3.05, 3.63) is 30.5 Å². The number of carbonyl (C=O) groups excluding carboxylic acids is 1. The van der Waals surface area contributed by atoms with Crippen LogP contribution >= 0.6 is 0 Å². The Hall–Kier alpha value is -2.79. The highest BCUT2D eigenvalue weighted by molar-refractivity contribution is 7.89. The Balaban J connectivity index is 1.62. The van der Waals surface area contributed by atoms with Gasteiger partial charge in [0.15, 0.2) is 5.52 Å². The van der Waals surface area contributed by atoms with Gasteiger partial charge in [0.05, 0.1) is 6.20 Å². The number of hydrogen-bond acceptors (Lipinski definition) is 7. The predicted molar refractivity (Wildman–Crippen MR) is 95.4 cm³/mol. The van der Waals surface area contributed by atoms with E-state index in [0.29, 0.717) is 37.3 Å². The fraction of sp³-hybridized carbons (Fsp3) is 0.375. The molecule has 142 valence electrons. The highest BCUT2D eigenvalue weighted by Crippen LogP contribution is 2.24.